The lowest BCUT2D eigenvalue weighted by atomic mass is 10.0. The van der Waals surface area contributed by atoms with Crippen molar-refractivity contribution in [2.45, 2.75) is 37.8 Å². The first kappa shape index (κ1) is 18.3. The maximum Gasteiger partial charge on any atom is 0.264 e. The first-order valence-corrected chi connectivity index (χ1v) is 9.87. The van der Waals surface area contributed by atoms with Gasteiger partial charge in [-0.25, -0.2) is 8.42 Å². The van der Waals surface area contributed by atoms with Crippen LogP contribution in [0.15, 0.2) is 65.4 Å². The third-order valence-corrected chi connectivity index (χ3v) is 6.36. The number of hydrogen-bond acceptors (Lipinski definition) is 4. The number of hydrogen-bond donors (Lipinski definition) is 0. The second kappa shape index (κ2) is 7.03. The summed E-state index contributed by atoms with van der Waals surface area (Å²) in [5.41, 5.74) is 1.83. The Labute approximate surface area is 154 Å². The summed E-state index contributed by atoms with van der Waals surface area (Å²) >= 11 is 0. The fraction of sp³-hybridized carbons (Fsp3) is 0.300. The molecule has 6 heteroatoms. The second-order valence-corrected chi connectivity index (χ2v) is 8.25. The first-order chi connectivity index (χ1) is 12.3. The molecule has 0 aromatic heterocycles. The first-order valence-electron chi connectivity index (χ1n) is 8.43. The standard InChI is InChI=1S/C20H23NO4S/c1-14-9-11-17(12-10-14)26(22,23)21-13-15(2)25-20(16(21)3)18-7-5-6-8-19(18)24-4/h5-13,16,20H,1-4H3/t16-,20-/m1/s1. The van der Waals surface area contributed by atoms with Gasteiger partial charge in [-0.1, -0.05) is 35.9 Å². The molecule has 0 amide bonds. The van der Waals surface area contributed by atoms with Crippen LogP contribution in [0.1, 0.15) is 31.1 Å². The van der Waals surface area contributed by atoms with Gasteiger partial charge in [0.25, 0.3) is 10.0 Å². The lowest BCUT2D eigenvalue weighted by Crippen LogP contribution is -2.42. The van der Waals surface area contributed by atoms with Crippen molar-refractivity contribution in [3.05, 3.63) is 71.6 Å². The van der Waals surface area contributed by atoms with Crippen LogP contribution >= 0.6 is 0 Å². The summed E-state index contributed by atoms with van der Waals surface area (Å²) in [6, 6.07) is 13.9. The normalized spacial score (nSPS) is 20.3. The molecule has 0 N–H and O–H groups in total. The number of benzene rings is 2. The minimum absolute atomic E-state index is 0.264. The van der Waals surface area contributed by atoms with Gasteiger partial charge in [-0.05, 0) is 39.0 Å². The van der Waals surface area contributed by atoms with Crippen molar-refractivity contribution >= 4 is 10.0 Å². The molecule has 2 aromatic rings. The van der Waals surface area contributed by atoms with Gasteiger partial charge in [0.2, 0.25) is 0 Å². The number of allylic oxidation sites excluding steroid dienone is 1. The average Bonchev–Trinajstić information content (AvgIpc) is 2.63. The minimum atomic E-state index is -3.69. The highest BCUT2D eigenvalue weighted by Crippen LogP contribution is 2.38. The Hall–Kier alpha value is -2.47. The van der Waals surface area contributed by atoms with E-state index in [9.17, 15) is 8.42 Å². The van der Waals surface area contributed by atoms with Gasteiger partial charge in [0.05, 0.1) is 24.2 Å². The molecule has 1 aliphatic rings. The van der Waals surface area contributed by atoms with Crippen LogP contribution in [0.3, 0.4) is 0 Å². The van der Waals surface area contributed by atoms with Gasteiger partial charge in [-0.3, -0.25) is 4.31 Å². The Morgan fingerprint density at radius 2 is 1.69 bits per heavy atom. The summed E-state index contributed by atoms with van der Waals surface area (Å²) in [6.07, 6.45) is 1.09. The second-order valence-electron chi connectivity index (χ2n) is 6.41. The van der Waals surface area contributed by atoms with Gasteiger partial charge in [-0.15, -0.1) is 0 Å². The monoisotopic (exact) mass is 373 g/mol. The van der Waals surface area contributed by atoms with Crippen LogP contribution in [0.5, 0.6) is 5.75 Å². The van der Waals surface area contributed by atoms with Crippen LogP contribution < -0.4 is 4.74 Å². The zero-order chi connectivity index (χ0) is 18.9. The summed E-state index contributed by atoms with van der Waals surface area (Å²) in [5, 5.41) is 0. The Kier molecular flexibility index (Phi) is 4.96. The van der Waals surface area contributed by atoms with Crippen molar-refractivity contribution in [1.82, 2.24) is 4.31 Å². The smallest absolute Gasteiger partial charge is 0.264 e. The maximum atomic E-state index is 13.2. The van der Waals surface area contributed by atoms with Crippen molar-refractivity contribution in [2.75, 3.05) is 7.11 Å². The summed E-state index contributed by atoms with van der Waals surface area (Å²) in [7, 11) is -2.09. The van der Waals surface area contributed by atoms with E-state index in [0.717, 1.165) is 11.1 Å². The number of ether oxygens (including phenoxy) is 2. The molecular weight excluding hydrogens is 350 g/mol. The van der Waals surface area contributed by atoms with E-state index in [4.69, 9.17) is 9.47 Å². The summed E-state index contributed by atoms with van der Waals surface area (Å²) in [5.74, 6) is 1.21. The van der Waals surface area contributed by atoms with E-state index in [1.807, 2.05) is 38.1 Å². The van der Waals surface area contributed by atoms with E-state index < -0.39 is 22.2 Å². The highest BCUT2D eigenvalue weighted by atomic mass is 32.2. The number of aryl methyl sites for hydroxylation is 1. The van der Waals surface area contributed by atoms with E-state index >= 15 is 0 Å². The summed E-state index contributed by atoms with van der Waals surface area (Å²) in [4.78, 5) is 0.264. The quantitative estimate of drug-likeness (QED) is 0.812. The largest absolute Gasteiger partial charge is 0.496 e. The Bertz CT molecular complexity index is 919. The van der Waals surface area contributed by atoms with Gasteiger partial charge in [-0.2, -0.15) is 0 Å². The molecule has 0 bridgehead atoms. The molecule has 2 aromatic carbocycles. The third-order valence-electron chi connectivity index (χ3n) is 4.50. The molecule has 0 radical (unpaired) electrons. The van der Waals surface area contributed by atoms with Crippen LogP contribution in [0.25, 0.3) is 0 Å². The number of sulfonamides is 1. The number of rotatable bonds is 4. The number of para-hydroxylation sites is 1. The molecule has 0 saturated heterocycles. The topological polar surface area (TPSA) is 55.8 Å². The van der Waals surface area contributed by atoms with E-state index in [-0.39, 0.29) is 4.90 Å². The molecule has 5 nitrogen and oxygen atoms in total. The van der Waals surface area contributed by atoms with Crippen molar-refractivity contribution in [1.29, 1.82) is 0 Å². The van der Waals surface area contributed by atoms with Crippen molar-refractivity contribution in [3.63, 3.8) is 0 Å². The molecule has 0 fully saturated rings. The predicted molar refractivity (Wildman–Crippen MR) is 100 cm³/mol. The lowest BCUT2D eigenvalue weighted by Gasteiger charge is -2.38. The van der Waals surface area contributed by atoms with Crippen LogP contribution in [-0.2, 0) is 14.8 Å². The Morgan fingerprint density at radius 3 is 2.35 bits per heavy atom. The number of nitrogens with zero attached hydrogens (tertiary/aromatic N) is 1. The molecule has 138 valence electrons. The summed E-state index contributed by atoms with van der Waals surface area (Å²) < 4.78 is 39.2. The molecule has 2 atom stereocenters. The van der Waals surface area contributed by atoms with E-state index in [1.165, 1.54) is 4.31 Å². The third kappa shape index (κ3) is 3.29. The molecular formula is C20H23NO4S. The highest BCUT2D eigenvalue weighted by Gasteiger charge is 2.37. The molecule has 26 heavy (non-hydrogen) atoms. The predicted octanol–water partition coefficient (Wildman–Crippen LogP) is 4.02. The van der Waals surface area contributed by atoms with E-state index in [1.54, 1.807) is 44.5 Å². The van der Waals surface area contributed by atoms with Gasteiger partial charge in [0.15, 0.2) is 0 Å². The Balaban J connectivity index is 2.03. The van der Waals surface area contributed by atoms with E-state index in [2.05, 4.69) is 0 Å². The van der Waals surface area contributed by atoms with Gasteiger partial charge in [0, 0.05) is 5.56 Å². The summed E-state index contributed by atoms with van der Waals surface area (Å²) in [6.45, 7) is 5.52. The molecule has 0 unspecified atom stereocenters. The number of methoxy groups -OCH3 is 1. The van der Waals surface area contributed by atoms with Gasteiger partial charge in [0.1, 0.15) is 17.6 Å². The van der Waals surface area contributed by atoms with Crippen LogP contribution in [0, 0.1) is 6.92 Å². The maximum absolute atomic E-state index is 13.2. The fourth-order valence-electron chi connectivity index (χ4n) is 3.10. The Morgan fingerprint density at radius 1 is 1.04 bits per heavy atom. The molecule has 1 heterocycles. The molecule has 0 aliphatic carbocycles. The molecule has 0 spiro atoms. The van der Waals surface area contributed by atoms with Crippen molar-refractivity contribution in [3.8, 4) is 5.75 Å². The van der Waals surface area contributed by atoms with E-state index in [0.29, 0.717) is 11.5 Å². The van der Waals surface area contributed by atoms with Crippen molar-refractivity contribution in [2.24, 2.45) is 0 Å². The van der Waals surface area contributed by atoms with Gasteiger partial charge >= 0.3 is 0 Å². The average molecular weight is 373 g/mol. The molecule has 1 aliphatic heterocycles. The van der Waals surface area contributed by atoms with Crippen molar-refractivity contribution < 1.29 is 17.9 Å². The minimum Gasteiger partial charge on any atom is -0.496 e. The zero-order valence-electron chi connectivity index (χ0n) is 15.3. The SMILES string of the molecule is COc1ccccc1[C@@H]1OC(C)=CN(S(=O)(=O)c2ccc(C)cc2)[C@@H]1C. The zero-order valence-corrected chi connectivity index (χ0v) is 16.2. The highest BCUT2D eigenvalue weighted by molar-refractivity contribution is 7.89. The van der Waals surface area contributed by atoms with Crippen LogP contribution in [0.4, 0.5) is 0 Å². The molecule has 0 saturated carbocycles. The van der Waals surface area contributed by atoms with Crippen LogP contribution in [0.2, 0.25) is 0 Å². The molecule has 3 rings (SSSR count). The lowest BCUT2D eigenvalue weighted by molar-refractivity contribution is 0.0437. The fourth-order valence-corrected chi connectivity index (χ4v) is 4.66. The van der Waals surface area contributed by atoms with Crippen LogP contribution in [-0.4, -0.2) is 25.9 Å². The van der Waals surface area contributed by atoms with Gasteiger partial charge < -0.3 is 9.47 Å².